The number of aromatic nitrogens is 5. The number of amides is 1. The molecular formula is C22H23ClN6O2. The summed E-state index contributed by atoms with van der Waals surface area (Å²) < 4.78 is 3.54. The van der Waals surface area contributed by atoms with Crippen molar-refractivity contribution in [3.63, 3.8) is 0 Å². The molecule has 1 fully saturated rings. The third-order valence-corrected chi connectivity index (χ3v) is 6.65. The first-order chi connectivity index (χ1) is 15.1. The molecule has 1 aromatic carbocycles. The molecule has 0 radical (unpaired) electrons. The van der Waals surface area contributed by atoms with Crippen LogP contribution < -0.4 is 5.56 Å². The molecule has 2 aliphatic heterocycles. The Morgan fingerprint density at radius 1 is 1.13 bits per heavy atom. The average molecular weight is 439 g/mol. The number of hydrogen-bond donors (Lipinski definition) is 0. The summed E-state index contributed by atoms with van der Waals surface area (Å²) in [6, 6.07) is 13.0. The number of hydrogen-bond acceptors (Lipinski definition) is 5. The van der Waals surface area contributed by atoms with Crippen LogP contribution in [0.1, 0.15) is 35.9 Å². The molecule has 5 rings (SSSR count). The van der Waals surface area contributed by atoms with Crippen LogP contribution in [0.2, 0.25) is 5.02 Å². The normalized spacial score (nSPS) is 20.9. The number of likely N-dealkylation sites (tertiary alicyclic amines) is 1. The first kappa shape index (κ1) is 19.9. The van der Waals surface area contributed by atoms with Gasteiger partial charge in [-0.05, 0) is 46.5 Å². The summed E-state index contributed by atoms with van der Waals surface area (Å²) in [5.41, 5.74) is 2.13. The summed E-state index contributed by atoms with van der Waals surface area (Å²) in [6.45, 7) is 2.53. The Balaban J connectivity index is 1.35. The molecule has 2 aromatic heterocycles. The second-order valence-electron chi connectivity index (χ2n) is 8.48. The van der Waals surface area contributed by atoms with Gasteiger partial charge in [0.2, 0.25) is 5.91 Å². The summed E-state index contributed by atoms with van der Waals surface area (Å²) in [4.78, 5) is 27.6. The number of nitrogens with zero attached hydrogens (tertiary/aromatic N) is 6. The maximum Gasteiger partial charge on any atom is 0.250 e. The number of pyridine rings is 1. The molecule has 0 aliphatic carbocycles. The zero-order valence-electron chi connectivity index (χ0n) is 17.0. The van der Waals surface area contributed by atoms with E-state index in [0.717, 1.165) is 17.7 Å². The molecule has 8 nitrogen and oxygen atoms in total. The van der Waals surface area contributed by atoms with Crippen LogP contribution in [0, 0.1) is 5.92 Å². The molecular weight excluding hydrogens is 416 g/mol. The minimum Gasteiger partial charge on any atom is -0.342 e. The van der Waals surface area contributed by atoms with E-state index >= 15 is 0 Å². The second kappa shape index (κ2) is 8.26. The number of halogens is 1. The van der Waals surface area contributed by atoms with Crippen LogP contribution in [0.25, 0.3) is 0 Å². The third kappa shape index (κ3) is 4.12. The van der Waals surface area contributed by atoms with Crippen molar-refractivity contribution in [3.8, 4) is 0 Å². The molecule has 1 saturated heterocycles. The van der Waals surface area contributed by atoms with Crippen molar-refractivity contribution in [3.05, 3.63) is 75.4 Å². The van der Waals surface area contributed by atoms with E-state index in [4.69, 9.17) is 11.6 Å². The smallest absolute Gasteiger partial charge is 0.250 e. The van der Waals surface area contributed by atoms with E-state index in [0.29, 0.717) is 43.5 Å². The Kier molecular flexibility index (Phi) is 5.31. The summed E-state index contributed by atoms with van der Waals surface area (Å²) >= 11 is 6.06. The minimum atomic E-state index is -0.0649. The Labute approximate surface area is 184 Å². The second-order valence-corrected chi connectivity index (χ2v) is 8.92. The first-order valence-corrected chi connectivity index (χ1v) is 10.9. The molecule has 0 saturated carbocycles. The number of benzene rings is 1. The highest BCUT2D eigenvalue weighted by atomic mass is 35.5. The van der Waals surface area contributed by atoms with E-state index in [1.54, 1.807) is 17.1 Å². The number of tetrazole rings is 1. The van der Waals surface area contributed by atoms with E-state index < -0.39 is 0 Å². The summed E-state index contributed by atoms with van der Waals surface area (Å²) in [7, 11) is 0. The van der Waals surface area contributed by atoms with Crippen LogP contribution in [0.4, 0.5) is 0 Å². The van der Waals surface area contributed by atoms with Crippen LogP contribution in [-0.2, 0) is 17.9 Å². The molecule has 160 valence electrons. The molecule has 3 unspecified atom stereocenters. The van der Waals surface area contributed by atoms with Crippen LogP contribution in [-0.4, -0.2) is 48.7 Å². The zero-order valence-corrected chi connectivity index (χ0v) is 17.7. The molecule has 3 atom stereocenters. The van der Waals surface area contributed by atoms with Gasteiger partial charge in [0.05, 0.1) is 6.54 Å². The van der Waals surface area contributed by atoms with Crippen molar-refractivity contribution in [2.24, 2.45) is 5.92 Å². The zero-order chi connectivity index (χ0) is 21.4. The minimum absolute atomic E-state index is 0.0521. The lowest BCUT2D eigenvalue weighted by molar-refractivity contribution is -0.134. The Morgan fingerprint density at radius 2 is 1.97 bits per heavy atom. The lowest BCUT2D eigenvalue weighted by atomic mass is 9.82. The lowest BCUT2D eigenvalue weighted by Crippen LogP contribution is -2.49. The molecule has 3 aromatic rings. The molecule has 0 N–H and O–H groups in total. The highest BCUT2D eigenvalue weighted by Gasteiger charge is 2.36. The Hall–Kier alpha value is -3.00. The number of rotatable bonds is 5. The maximum absolute atomic E-state index is 13.4. The maximum atomic E-state index is 13.4. The predicted octanol–water partition coefficient (Wildman–Crippen LogP) is 2.31. The Morgan fingerprint density at radius 3 is 2.74 bits per heavy atom. The van der Waals surface area contributed by atoms with Crippen molar-refractivity contribution < 1.29 is 4.79 Å². The average Bonchev–Trinajstić information content (AvgIpc) is 3.28. The van der Waals surface area contributed by atoms with Gasteiger partial charge in [0.25, 0.3) is 5.56 Å². The van der Waals surface area contributed by atoms with E-state index in [-0.39, 0.29) is 23.3 Å². The van der Waals surface area contributed by atoms with E-state index in [1.807, 2.05) is 45.9 Å². The van der Waals surface area contributed by atoms with Gasteiger partial charge < -0.3 is 9.47 Å². The molecule has 9 heteroatoms. The lowest BCUT2D eigenvalue weighted by Gasteiger charge is -2.43. The van der Waals surface area contributed by atoms with Gasteiger partial charge in [0.15, 0.2) is 0 Å². The van der Waals surface area contributed by atoms with E-state index in [1.165, 1.54) is 0 Å². The van der Waals surface area contributed by atoms with Gasteiger partial charge in [0.1, 0.15) is 6.33 Å². The third-order valence-electron chi connectivity index (χ3n) is 6.39. The number of carbonyl (C=O) groups is 1. The highest BCUT2D eigenvalue weighted by Crippen LogP contribution is 2.36. The predicted molar refractivity (Wildman–Crippen MR) is 115 cm³/mol. The fraction of sp³-hybridized carbons (Fsp3) is 0.409. The fourth-order valence-corrected chi connectivity index (χ4v) is 5.08. The monoisotopic (exact) mass is 438 g/mol. The Bertz CT molecular complexity index is 1130. The van der Waals surface area contributed by atoms with Gasteiger partial charge in [-0.2, -0.15) is 0 Å². The van der Waals surface area contributed by atoms with Crippen molar-refractivity contribution >= 4 is 17.5 Å². The van der Waals surface area contributed by atoms with E-state index in [2.05, 4.69) is 15.5 Å². The quantitative estimate of drug-likeness (QED) is 0.610. The summed E-state index contributed by atoms with van der Waals surface area (Å²) in [5, 5.41) is 12.0. The van der Waals surface area contributed by atoms with Crippen LogP contribution >= 0.6 is 11.6 Å². The van der Waals surface area contributed by atoms with Crippen molar-refractivity contribution in [1.82, 2.24) is 29.7 Å². The molecule has 2 bridgehead atoms. The van der Waals surface area contributed by atoms with Crippen LogP contribution in [0.15, 0.2) is 53.6 Å². The standard InChI is InChI=1S/C22H23ClN6O2/c23-19-6-4-16(5-7-19)17(13-28-14-24-25-26-28)9-22(31)27-10-15-8-18(12-27)20-2-1-3-21(30)29(20)11-15/h1-7,14-15,17-18H,8-13H2. The van der Waals surface area contributed by atoms with Crippen molar-refractivity contribution in [2.45, 2.75) is 37.8 Å². The van der Waals surface area contributed by atoms with Crippen LogP contribution in [0.3, 0.4) is 0 Å². The fourth-order valence-electron chi connectivity index (χ4n) is 4.95. The van der Waals surface area contributed by atoms with Gasteiger partial charge in [-0.25, -0.2) is 4.68 Å². The van der Waals surface area contributed by atoms with E-state index in [9.17, 15) is 9.59 Å². The molecule has 0 spiro atoms. The molecule has 1 amide bonds. The van der Waals surface area contributed by atoms with Gasteiger partial charge >= 0.3 is 0 Å². The van der Waals surface area contributed by atoms with Crippen LogP contribution in [0.5, 0.6) is 0 Å². The summed E-state index contributed by atoms with van der Waals surface area (Å²) in [5.74, 6) is 0.571. The number of carbonyl (C=O) groups excluding carboxylic acids is 1. The highest BCUT2D eigenvalue weighted by molar-refractivity contribution is 6.30. The first-order valence-electron chi connectivity index (χ1n) is 10.5. The topological polar surface area (TPSA) is 85.9 Å². The van der Waals surface area contributed by atoms with Gasteiger partial charge in [-0.3, -0.25) is 9.59 Å². The van der Waals surface area contributed by atoms with Gasteiger partial charge in [-0.15, -0.1) is 5.10 Å². The SMILES string of the molecule is O=C(CC(Cn1cnnn1)c1ccc(Cl)cc1)N1CC2CC(C1)c1cccc(=O)n1C2. The van der Waals surface area contributed by atoms with Crippen molar-refractivity contribution in [1.29, 1.82) is 0 Å². The van der Waals surface area contributed by atoms with Crippen molar-refractivity contribution in [2.75, 3.05) is 13.1 Å². The van der Waals surface area contributed by atoms with Gasteiger partial charge in [0, 0.05) is 54.7 Å². The molecule has 4 heterocycles. The summed E-state index contributed by atoms with van der Waals surface area (Å²) in [6.07, 6.45) is 2.95. The van der Waals surface area contributed by atoms with Gasteiger partial charge in [-0.1, -0.05) is 29.8 Å². The molecule has 2 aliphatic rings. The largest absolute Gasteiger partial charge is 0.342 e. The molecule has 31 heavy (non-hydrogen) atoms. The number of piperidine rings is 1. The number of fused-ring (bicyclic) bond motifs is 4.